The maximum atomic E-state index is 12.4. The molecule has 0 saturated carbocycles. The number of thioether (sulfide) groups is 1. The van der Waals surface area contributed by atoms with Crippen LogP contribution in [-0.4, -0.2) is 39.6 Å². The Kier molecular flexibility index (Phi) is 4.28. The van der Waals surface area contributed by atoms with Crippen LogP contribution >= 0.6 is 11.8 Å². The fourth-order valence-electron chi connectivity index (χ4n) is 2.36. The van der Waals surface area contributed by atoms with Crippen LogP contribution in [-0.2, 0) is 11.3 Å². The van der Waals surface area contributed by atoms with Gasteiger partial charge in [-0.05, 0) is 11.8 Å². The number of aliphatic imine (C=N–C) groups is 1. The second-order valence-corrected chi connectivity index (χ2v) is 5.91. The minimum atomic E-state index is -0.906. The molecule has 0 aliphatic carbocycles. The maximum Gasteiger partial charge on any atom is 0.237 e. The van der Waals surface area contributed by atoms with E-state index in [4.69, 9.17) is 10.5 Å². The van der Waals surface area contributed by atoms with Gasteiger partial charge >= 0.3 is 0 Å². The lowest BCUT2D eigenvalue weighted by molar-refractivity contribution is 0.178. The second-order valence-electron chi connectivity index (χ2n) is 4.61. The first-order chi connectivity index (χ1) is 10.7. The van der Waals surface area contributed by atoms with E-state index < -0.39 is 6.86 Å². The second kappa shape index (κ2) is 6.35. The molecule has 0 bridgehead atoms. The quantitative estimate of drug-likeness (QED) is 0.875. The average molecular weight is 321 g/mol. The fourth-order valence-corrected chi connectivity index (χ4v) is 3.17. The number of pyridine rings is 1. The number of halogens is 1. The molecule has 0 radical (unpaired) electrons. The standard InChI is InChI=1S/C14H16FN5OS/c1-2-22-11-5-9(16)6-18-12(11)13-19-7-10-14(21-8-15)17-3-4-20(10)13/h5-7H,2-4,8,16H2,1H3. The van der Waals surface area contributed by atoms with Crippen LogP contribution < -0.4 is 5.73 Å². The molecule has 0 spiro atoms. The summed E-state index contributed by atoms with van der Waals surface area (Å²) in [6.07, 6.45) is 3.26. The van der Waals surface area contributed by atoms with Crippen molar-refractivity contribution >= 4 is 23.3 Å². The lowest BCUT2D eigenvalue weighted by atomic mass is 10.3. The number of ether oxygens (including phenoxy) is 1. The zero-order valence-corrected chi connectivity index (χ0v) is 12.9. The van der Waals surface area contributed by atoms with Gasteiger partial charge in [-0.3, -0.25) is 0 Å². The van der Waals surface area contributed by atoms with Crippen LogP contribution in [0.1, 0.15) is 12.6 Å². The molecule has 6 nitrogen and oxygen atoms in total. The molecule has 0 fully saturated rings. The Hall–Kier alpha value is -2.09. The van der Waals surface area contributed by atoms with Gasteiger partial charge in [0.1, 0.15) is 11.4 Å². The Balaban J connectivity index is 2.06. The Labute approximate surface area is 131 Å². The zero-order valence-electron chi connectivity index (χ0n) is 12.1. The molecular weight excluding hydrogens is 305 g/mol. The van der Waals surface area contributed by atoms with Crippen molar-refractivity contribution < 1.29 is 9.13 Å². The third-order valence-electron chi connectivity index (χ3n) is 3.23. The van der Waals surface area contributed by atoms with E-state index in [9.17, 15) is 4.39 Å². The number of fused-ring (bicyclic) bond motifs is 1. The number of nitrogen functional groups attached to an aromatic ring is 1. The van der Waals surface area contributed by atoms with Crippen LogP contribution in [0.2, 0.25) is 0 Å². The highest BCUT2D eigenvalue weighted by Gasteiger charge is 2.22. The Morgan fingerprint density at radius 1 is 1.41 bits per heavy atom. The van der Waals surface area contributed by atoms with Crippen LogP contribution in [0.25, 0.3) is 11.5 Å². The third kappa shape index (κ3) is 2.66. The minimum absolute atomic E-state index is 0.285. The van der Waals surface area contributed by atoms with E-state index in [1.807, 2.05) is 10.6 Å². The molecule has 8 heteroatoms. The molecule has 2 aromatic heterocycles. The lowest BCUT2D eigenvalue weighted by Crippen LogP contribution is -2.21. The van der Waals surface area contributed by atoms with Gasteiger partial charge in [0.25, 0.3) is 0 Å². The van der Waals surface area contributed by atoms with Crippen LogP contribution in [0.4, 0.5) is 10.1 Å². The summed E-state index contributed by atoms with van der Waals surface area (Å²) in [6, 6.07) is 1.90. The van der Waals surface area contributed by atoms with Crippen molar-refractivity contribution in [2.75, 3.05) is 24.9 Å². The van der Waals surface area contributed by atoms with Crippen molar-refractivity contribution in [1.82, 2.24) is 14.5 Å². The molecule has 1 aliphatic heterocycles. The number of nitrogens with two attached hydrogens (primary N) is 1. The lowest BCUT2D eigenvalue weighted by Gasteiger charge is -2.17. The van der Waals surface area contributed by atoms with E-state index in [0.717, 1.165) is 22.2 Å². The van der Waals surface area contributed by atoms with Crippen LogP contribution in [0.3, 0.4) is 0 Å². The first-order valence-corrected chi connectivity index (χ1v) is 7.91. The normalized spacial score (nSPS) is 13.6. The number of nitrogens with zero attached hydrogens (tertiary/aromatic N) is 4. The van der Waals surface area contributed by atoms with Gasteiger partial charge in [-0.1, -0.05) is 6.92 Å². The summed E-state index contributed by atoms with van der Waals surface area (Å²) in [6.45, 7) is 2.35. The van der Waals surface area contributed by atoms with E-state index in [-0.39, 0.29) is 5.90 Å². The number of hydrogen-bond acceptors (Lipinski definition) is 6. The van der Waals surface area contributed by atoms with Crippen molar-refractivity contribution in [2.24, 2.45) is 4.99 Å². The predicted octanol–water partition coefficient (Wildman–Crippen LogP) is 2.34. The minimum Gasteiger partial charge on any atom is -0.444 e. The molecule has 3 rings (SSSR count). The molecule has 0 atom stereocenters. The number of anilines is 1. The number of alkyl halides is 1. The maximum absolute atomic E-state index is 12.4. The predicted molar refractivity (Wildman–Crippen MR) is 84.7 cm³/mol. The van der Waals surface area contributed by atoms with E-state index in [1.165, 1.54) is 0 Å². The largest absolute Gasteiger partial charge is 0.444 e. The van der Waals surface area contributed by atoms with E-state index in [2.05, 4.69) is 21.9 Å². The zero-order chi connectivity index (χ0) is 15.5. The van der Waals surface area contributed by atoms with Gasteiger partial charge in [-0.2, -0.15) is 0 Å². The molecule has 22 heavy (non-hydrogen) atoms. The van der Waals surface area contributed by atoms with Gasteiger partial charge in [0.15, 0.2) is 5.82 Å². The highest BCUT2D eigenvalue weighted by Crippen LogP contribution is 2.31. The molecular formula is C14H16FN5OS. The topological polar surface area (TPSA) is 78.3 Å². The average Bonchev–Trinajstić information content (AvgIpc) is 2.93. The Bertz CT molecular complexity index is 715. The van der Waals surface area contributed by atoms with Crippen molar-refractivity contribution in [2.45, 2.75) is 18.4 Å². The van der Waals surface area contributed by atoms with Crippen LogP contribution in [0.15, 0.2) is 28.3 Å². The molecule has 2 aromatic rings. The number of hydrogen-bond donors (Lipinski definition) is 1. The summed E-state index contributed by atoms with van der Waals surface area (Å²) < 4.78 is 19.3. The monoisotopic (exact) mass is 321 g/mol. The van der Waals surface area contributed by atoms with Crippen molar-refractivity contribution in [3.63, 3.8) is 0 Å². The molecule has 0 saturated heterocycles. The van der Waals surface area contributed by atoms with E-state index in [0.29, 0.717) is 24.5 Å². The molecule has 0 unspecified atom stereocenters. The summed E-state index contributed by atoms with van der Waals surface area (Å²) in [7, 11) is 0. The smallest absolute Gasteiger partial charge is 0.237 e. The highest BCUT2D eigenvalue weighted by molar-refractivity contribution is 7.99. The molecule has 3 heterocycles. The fraction of sp³-hybridized carbons (Fsp3) is 0.357. The molecule has 116 valence electrons. The van der Waals surface area contributed by atoms with Crippen molar-refractivity contribution in [1.29, 1.82) is 0 Å². The van der Waals surface area contributed by atoms with Gasteiger partial charge in [0.05, 0.1) is 24.6 Å². The Morgan fingerprint density at radius 3 is 3.05 bits per heavy atom. The van der Waals surface area contributed by atoms with Gasteiger partial charge < -0.3 is 15.0 Å². The Morgan fingerprint density at radius 2 is 2.27 bits per heavy atom. The molecule has 0 amide bonds. The first-order valence-electron chi connectivity index (χ1n) is 6.92. The number of imidazole rings is 1. The van der Waals surface area contributed by atoms with Crippen LogP contribution in [0, 0.1) is 0 Å². The third-order valence-corrected chi connectivity index (χ3v) is 4.14. The SMILES string of the molecule is CCSc1cc(N)cnc1-c1ncc2n1CCN=C2OCF. The number of aromatic nitrogens is 3. The van der Waals surface area contributed by atoms with Gasteiger partial charge in [-0.15, -0.1) is 11.8 Å². The van der Waals surface area contributed by atoms with Crippen molar-refractivity contribution in [3.8, 4) is 11.5 Å². The molecule has 2 N–H and O–H groups in total. The van der Waals surface area contributed by atoms with Crippen LogP contribution in [0.5, 0.6) is 0 Å². The van der Waals surface area contributed by atoms with E-state index >= 15 is 0 Å². The summed E-state index contributed by atoms with van der Waals surface area (Å²) >= 11 is 1.66. The summed E-state index contributed by atoms with van der Waals surface area (Å²) in [5.74, 6) is 1.91. The van der Waals surface area contributed by atoms with Gasteiger partial charge in [0.2, 0.25) is 12.8 Å². The number of rotatable bonds is 4. The molecule has 0 aromatic carbocycles. The summed E-state index contributed by atoms with van der Waals surface area (Å²) in [4.78, 5) is 14.0. The first kappa shape index (κ1) is 14.8. The van der Waals surface area contributed by atoms with Gasteiger partial charge in [0, 0.05) is 11.4 Å². The molecule has 1 aliphatic rings. The van der Waals surface area contributed by atoms with Gasteiger partial charge in [-0.25, -0.2) is 19.4 Å². The van der Waals surface area contributed by atoms with E-state index in [1.54, 1.807) is 24.2 Å². The summed E-state index contributed by atoms with van der Waals surface area (Å²) in [5.41, 5.74) is 7.89. The highest BCUT2D eigenvalue weighted by atomic mass is 32.2. The van der Waals surface area contributed by atoms with Crippen molar-refractivity contribution in [3.05, 3.63) is 24.2 Å². The summed E-state index contributed by atoms with van der Waals surface area (Å²) in [5, 5.41) is 0.